The molecule has 3 aromatic carbocycles. The monoisotopic (exact) mass is 467 g/mol. The zero-order valence-corrected chi connectivity index (χ0v) is 17.3. The average Bonchev–Trinajstić information content (AvgIpc) is 3.09. The van der Waals surface area contributed by atoms with Crippen LogP contribution >= 0.6 is 0 Å². The van der Waals surface area contributed by atoms with E-state index in [0.29, 0.717) is 5.56 Å². The Balaban J connectivity index is 1.87. The Morgan fingerprint density at radius 1 is 0.794 bits per heavy atom. The van der Waals surface area contributed by atoms with Gasteiger partial charge >= 0.3 is 12.1 Å². The van der Waals surface area contributed by atoms with E-state index in [1.807, 2.05) is 0 Å². The molecule has 34 heavy (non-hydrogen) atoms. The molecule has 1 unspecified atom stereocenters. The third-order valence-corrected chi connectivity index (χ3v) is 5.44. The van der Waals surface area contributed by atoms with E-state index in [1.165, 1.54) is 24.3 Å². The second-order valence-electron chi connectivity index (χ2n) is 7.51. The van der Waals surface area contributed by atoms with Crippen LogP contribution in [-0.2, 0) is 15.8 Å². The third-order valence-electron chi connectivity index (χ3n) is 5.44. The molecule has 0 aliphatic carbocycles. The molecule has 1 aliphatic rings. The molecule has 1 amide bonds. The van der Waals surface area contributed by atoms with Crippen molar-refractivity contribution in [3.05, 3.63) is 107 Å². The Hall–Kier alpha value is -4.40. The molecule has 0 bridgehead atoms. The number of amides is 1. The van der Waals surface area contributed by atoms with Crippen LogP contribution in [0.4, 0.5) is 18.9 Å². The summed E-state index contributed by atoms with van der Waals surface area (Å²) in [6.45, 7) is 0. The molecule has 2 N–H and O–H groups in total. The minimum absolute atomic E-state index is 0.0404. The smallest absolute Gasteiger partial charge is 0.416 e. The van der Waals surface area contributed by atoms with Crippen molar-refractivity contribution in [2.45, 2.75) is 12.2 Å². The second kappa shape index (κ2) is 8.51. The van der Waals surface area contributed by atoms with Crippen molar-refractivity contribution in [3.63, 3.8) is 0 Å². The number of benzene rings is 3. The molecule has 0 saturated carbocycles. The standard InChI is InChI=1S/C25H16F3NO5/c26-25(27,28)17-10-12-18(13-11-17)29-20(14-4-2-1-3-5-14)19(22(31)23(29)32)21(30)15-6-8-16(9-7-15)24(33)34/h1-13,20,30H,(H,33,34)/b21-19-. The Morgan fingerprint density at radius 3 is 1.88 bits per heavy atom. The van der Waals surface area contributed by atoms with Crippen LogP contribution in [-0.4, -0.2) is 27.9 Å². The summed E-state index contributed by atoms with van der Waals surface area (Å²) in [6.07, 6.45) is -4.58. The fourth-order valence-corrected chi connectivity index (χ4v) is 3.79. The van der Waals surface area contributed by atoms with Crippen molar-refractivity contribution in [2.24, 2.45) is 0 Å². The van der Waals surface area contributed by atoms with Gasteiger partial charge in [0.2, 0.25) is 0 Å². The van der Waals surface area contributed by atoms with Gasteiger partial charge in [0.25, 0.3) is 11.7 Å². The largest absolute Gasteiger partial charge is 0.507 e. The molecular weight excluding hydrogens is 451 g/mol. The maximum atomic E-state index is 13.0. The van der Waals surface area contributed by atoms with Crippen LogP contribution in [0.1, 0.15) is 33.1 Å². The minimum Gasteiger partial charge on any atom is -0.507 e. The lowest BCUT2D eigenvalue weighted by molar-refractivity contribution is -0.137. The lowest BCUT2D eigenvalue weighted by Gasteiger charge is -2.25. The number of halogens is 3. The van der Waals surface area contributed by atoms with Crippen molar-refractivity contribution < 1.29 is 37.8 Å². The molecular formula is C25H16F3NO5. The van der Waals surface area contributed by atoms with E-state index in [4.69, 9.17) is 5.11 Å². The Morgan fingerprint density at radius 2 is 1.35 bits per heavy atom. The minimum atomic E-state index is -4.58. The van der Waals surface area contributed by atoms with Gasteiger partial charge in [0.1, 0.15) is 5.76 Å². The zero-order valence-electron chi connectivity index (χ0n) is 17.3. The van der Waals surface area contributed by atoms with Crippen molar-refractivity contribution in [3.8, 4) is 0 Å². The number of carboxylic acids is 1. The van der Waals surface area contributed by atoms with Gasteiger partial charge in [-0.15, -0.1) is 0 Å². The number of nitrogens with zero attached hydrogens (tertiary/aromatic N) is 1. The van der Waals surface area contributed by atoms with E-state index in [2.05, 4.69) is 0 Å². The van der Waals surface area contributed by atoms with Crippen LogP contribution < -0.4 is 4.90 Å². The number of hydrogen-bond donors (Lipinski definition) is 2. The lowest BCUT2D eigenvalue weighted by Crippen LogP contribution is -2.29. The van der Waals surface area contributed by atoms with Gasteiger partial charge in [0.05, 0.1) is 22.7 Å². The number of rotatable bonds is 4. The van der Waals surface area contributed by atoms with Crippen LogP contribution in [0.5, 0.6) is 0 Å². The predicted octanol–water partition coefficient (Wildman–Crippen LogP) is 5.03. The maximum Gasteiger partial charge on any atom is 0.416 e. The summed E-state index contributed by atoms with van der Waals surface area (Å²) < 4.78 is 39.0. The van der Waals surface area contributed by atoms with Gasteiger partial charge in [0.15, 0.2) is 0 Å². The van der Waals surface area contributed by atoms with E-state index in [9.17, 15) is 32.7 Å². The molecule has 0 aromatic heterocycles. The number of alkyl halides is 3. The average molecular weight is 467 g/mol. The van der Waals surface area contributed by atoms with Crippen LogP contribution in [0.15, 0.2) is 84.4 Å². The van der Waals surface area contributed by atoms with E-state index in [1.54, 1.807) is 30.3 Å². The molecule has 1 aliphatic heterocycles. The lowest BCUT2D eigenvalue weighted by atomic mass is 9.95. The summed E-state index contributed by atoms with van der Waals surface area (Å²) in [5.41, 5.74) is -0.617. The number of Topliss-reactive ketones (excluding diaryl/α,β-unsaturated/α-hetero) is 1. The quantitative estimate of drug-likeness (QED) is 0.319. The molecule has 1 atom stereocenters. The highest BCUT2D eigenvalue weighted by Crippen LogP contribution is 2.42. The summed E-state index contributed by atoms with van der Waals surface area (Å²) in [5.74, 6) is -3.74. The van der Waals surface area contributed by atoms with Crippen LogP contribution in [0.25, 0.3) is 5.76 Å². The molecule has 0 spiro atoms. The van der Waals surface area contributed by atoms with E-state index < -0.39 is 41.2 Å². The molecule has 1 fully saturated rings. The summed E-state index contributed by atoms with van der Waals surface area (Å²) in [4.78, 5) is 38.1. The number of anilines is 1. The number of aliphatic hydroxyl groups excluding tert-OH is 1. The van der Waals surface area contributed by atoms with Gasteiger partial charge in [-0.05, 0) is 42.0 Å². The summed E-state index contributed by atoms with van der Waals surface area (Å²) >= 11 is 0. The first-order valence-corrected chi connectivity index (χ1v) is 9.96. The Bertz CT molecular complexity index is 1300. The Labute approximate surface area is 191 Å². The van der Waals surface area contributed by atoms with Gasteiger partial charge in [0, 0.05) is 11.3 Å². The van der Waals surface area contributed by atoms with Gasteiger partial charge in [-0.1, -0.05) is 42.5 Å². The third kappa shape index (κ3) is 4.03. The molecule has 0 radical (unpaired) electrons. The van der Waals surface area contributed by atoms with Gasteiger partial charge < -0.3 is 10.2 Å². The number of aliphatic hydroxyl groups is 1. The Kier molecular flexibility index (Phi) is 5.70. The number of carboxylic acid groups (broad SMARTS) is 1. The van der Waals surface area contributed by atoms with Crippen LogP contribution in [0, 0.1) is 0 Å². The first-order valence-electron chi connectivity index (χ1n) is 9.96. The van der Waals surface area contributed by atoms with Gasteiger partial charge in [-0.25, -0.2) is 4.79 Å². The molecule has 9 heteroatoms. The first-order chi connectivity index (χ1) is 16.1. The topological polar surface area (TPSA) is 94.9 Å². The fourth-order valence-electron chi connectivity index (χ4n) is 3.79. The van der Waals surface area contributed by atoms with Crippen molar-refractivity contribution in [1.29, 1.82) is 0 Å². The number of aromatic carboxylic acids is 1. The highest BCUT2D eigenvalue weighted by molar-refractivity contribution is 6.51. The predicted molar refractivity (Wildman–Crippen MR) is 116 cm³/mol. The SMILES string of the molecule is O=C1C(=O)N(c2ccc(C(F)(F)F)cc2)C(c2ccccc2)/C1=C(/O)c1ccc(C(=O)O)cc1. The normalized spacial score (nSPS) is 17.7. The number of hydrogen-bond acceptors (Lipinski definition) is 4. The number of carbonyl (C=O) groups is 3. The molecule has 3 aromatic rings. The zero-order chi connectivity index (χ0) is 24.6. The molecule has 4 rings (SSSR count). The van der Waals surface area contributed by atoms with E-state index in [-0.39, 0.29) is 22.4 Å². The first kappa shape index (κ1) is 22.8. The van der Waals surface area contributed by atoms with E-state index in [0.717, 1.165) is 29.2 Å². The highest BCUT2D eigenvalue weighted by Gasteiger charge is 2.47. The van der Waals surface area contributed by atoms with Gasteiger partial charge in [-0.3, -0.25) is 14.5 Å². The number of ketones is 1. The molecule has 172 valence electrons. The highest BCUT2D eigenvalue weighted by atomic mass is 19.4. The van der Waals surface area contributed by atoms with Crippen molar-refractivity contribution >= 4 is 29.1 Å². The number of carbonyl (C=O) groups excluding carboxylic acids is 2. The fraction of sp³-hybridized carbons (Fsp3) is 0.0800. The molecule has 6 nitrogen and oxygen atoms in total. The van der Waals surface area contributed by atoms with Crippen LogP contribution in [0.3, 0.4) is 0 Å². The van der Waals surface area contributed by atoms with Crippen molar-refractivity contribution in [2.75, 3.05) is 4.90 Å². The molecule has 1 heterocycles. The summed E-state index contributed by atoms with van der Waals surface area (Å²) in [6, 6.07) is 16.0. The van der Waals surface area contributed by atoms with Crippen molar-refractivity contribution in [1.82, 2.24) is 0 Å². The maximum absolute atomic E-state index is 13.0. The van der Waals surface area contributed by atoms with E-state index >= 15 is 0 Å². The van der Waals surface area contributed by atoms with Gasteiger partial charge in [-0.2, -0.15) is 13.2 Å². The second-order valence-corrected chi connectivity index (χ2v) is 7.51. The summed E-state index contributed by atoms with van der Waals surface area (Å²) in [7, 11) is 0. The summed E-state index contributed by atoms with van der Waals surface area (Å²) in [5, 5.41) is 20.0. The molecule has 1 saturated heterocycles. The van der Waals surface area contributed by atoms with Crippen LogP contribution in [0.2, 0.25) is 0 Å².